The number of amides is 1. The van der Waals surface area contributed by atoms with Gasteiger partial charge in [-0.1, -0.05) is 0 Å². The van der Waals surface area contributed by atoms with Gasteiger partial charge in [-0.2, -0.15) is 0 Å². The molecular formula is C12H14INO4S. The quantitative estimate of drug-likeness (QED) is 0.576. The molecule has 2 rings (SSSR count). The van der Waals surface area contributed by atoms with Crippen LogP contribution in [0, 0.1) is 3.77 Å². The van der Waals surface area contributed by atoms with Crippen LogP contribution in [-0.2, 0) is 14.6 Å². The van der Waals surface area contributed by atoms with E-state index < -0.39 is 9.84 Å². The van der Waals surface area contributed by atoms with Gasteiger partial charge in [-0.15, -0.1) is 0 Å². The molecule has 0 aromatic carbocycles. The number of halogens is 1. The highest BCUT2D eigenvalue weighted by Crippen LogP contribution is 2.17. The number of carbonyl (C=O) groups is 1. The molecule has 7 heteroatoms. The zero-order chi connectivity index (χ0) is 14.0. The molecule has 1 unspecified atom stereocenters. The van der Waals surface area contributed by atoms with Crippen molar-refractivity contribution in [2.24, 2.45) is 0 Å². The minimum atomic E-state index is -2.98. The van der Waals surface area contributed by atoms with Crippen LogP contribution in [0.1, 0.15) is 12.2 Å². The lowest BCUT2D eigenvalue weighted by Gasteiger charge is -2.21. The van der Waals surface area contributed by atoms with Gasteiger partial charge in [0, 0.05) is 19.2 Å². The van der Waals surface area contributed by atoms with E-state index in [1.807, 2.05) is 22.6 Å². The second-order valence-corrected chi connectivity index (χ2v) is 7.77. The molecule has 1 aliphatic rings. The van der Waals surface area contributed by atoms with Crippen molar-refractivity contribution >= 4 is 44.4 Å². The van der Waals surface area contributed by atoms with Crippen LogP contribution < -0.4 is 0 Å². The van der Waals surface area contributed by atoms with Crippen molar-refractivity contribution in [1.29, 1.82) is 0 Å². The number of sulfone groups is 1. The van der Waals surface area contributed by atoms with Gasteiger partial charge < -0.3 is 9.32 Å². The maximum absolute atomic E-state index is 11.9. The van der Waals surface area contributed by atoms with Crippen LogP contribution in [-0.4, -0.2) is 43.8 Å². The predicted octanol–water partition coefficient (Wildman–Crippen LogP) is 1.54. The fourth-order valence-corrected chi connectivity index (χ4v) is 4.16. The Balaban J connectivity index is 1.98. The molecule has 1 fully saturated rings. The van der Waals surface area contributed by atoms with Gasteiger partial charge in [0.25, 0.3) is 0 Å². The predicted molar refractivity (Wildman–Crippen MR) is 80.3 cm³/mol. The van der Waals surface area contributed by atoms with E-state index in [1.54, 1.807) is 25.3 Å². The molecule has 1 saturated heterocycles. The summed E-state index contributed by atoms with van der Waals surface area (Å²) in [5, 5.41) is 0. The Bertz CT molecular complexity index is 605. The molecule has 104 valence electrons. The maximum atomic E-state index is 11.9. The topological polar surface area (TPSA) is 67.6 Å². The van der Waals surface area contributed by atoms with E-state index in [2.05, 4.69) is 0 Å². The average molecular weight is 395 g/mol. The van der Waals surface area contributed by atoms with Gasteiger partial charge in [-0.25, -0.2) is 8.42 Å². The Kier molecular flexibility index (Phi) is 4.34. The van der Waals surface area contributed by atoms with Crippen molar-refractivity contribution in [3.05, 3.63) is 27.7 Å². The van der Waals surface area contributed by atoms with Gasteiger partial charge in [0.1, 0.15) is 5.76 Å². The molecule has 19 heavy (non-hydrogen) atoms. The van der Waals surface area contributed by atoms with Crippen LogP contribution in [0.3, 0.4) is 0 Å². The minimum Gasteiger partial charge on any atom is -0.451 e. The number of nitrogens with zero attached hydrogens (tertiary/aromatic N) is 1. The van der Waals surface area contributed by atoms with Crippen LogP contribution in [0.4, 0.5) is 0 Å². The second kappa shape index (κ2) is 5.66. The first-order valence-corrected chi connectivity index (χ1v) is 8.68. The molecule has 0 N–H and O–H groups in total. The van der Waals surface area contributed by atoms with Crippen molar-refractivity contribution in [2.75, 3.05) is 18.6 Å². The second-order valence-electron chi connectivity index (χ2n) is 4.48. The zero-order valence-corrected chi connectivity index (χ0v) is 13.3. The van der Waals surface area contributed by atoms with Gasteiger partial charge in [0.15, 0.2) is 13.6 Å². The molecule has 1 amide bonds. The lowest BCUT2D eigenvalue weighted by molar-refractivity contribution is -0.126. The lowest BCUT2D eigenvalue weighted by atomic mass is 10.2. The first-order chi connectivity index (χ1) is 8.87. The van der Waals surface area contributed by atoms with E-state index >= 15 is 0 Å². The molecule has 0 spiro atoms. The summed E-state index contributed by atoms with van der Waals surface area (Å²) >= 11 is 2.04. The summed E-state index contributed by atoms with van der Waals surface area (Å²) in [7, 11) is -1.35. The van der Waals surface area contributed by atoms with Crippen LogP contribution in [0.5, 0.6) is 0 Å². The van der Waals surface area contributed by atoms with E-state index in [0.717, 1.165) is 3.77 Å². The van der Waals surface area contributed by atoms with Crippen LogP contribution >= 0.6 is 22.6 Å². The van der Waals surface area contributed by atoms with Crippen LogP contribution in [0.15, 0.2) is 22.6 Å². The normalized spacial score (nSPS) is 21.9. The van der Waals surface area contributed by atoms with Crippen molar-refractivity contribution < 1.29 is 17.6 Å². The monoisotopic (exact) mass is 395 g/mol. The van der Waals surface area contributed by atoms with Crippen molar-refractivity contribution in [3.8, 4) is 0 Å². The summed E-state index contributed by atoms with van der Waals surface area (Å²) < 4.78 is 28.8. The molecule has 1 atom stereocenters. The smallest absolute Gasteiger partial charge is 0.246 e. The Labute approximate surface area is 125 Å². The van der Waals surface area contributed by atoms with Crippen LogP contribution in [0.2, 0.25) is 0 Å². The first-order valence-electron chi connectivity index (χ1n) is 5.78. The Hall–Kier alpha value is -0.830. The summed E-state index contributed by atoms with van der Waals surface area (Å²) in [5.41, 5.74) is 0. The van der Waals surface area contributed by atoms with Gasteiger partial charge in [-0.05, 0) is 47.2 Å². The van der Waals surface area contributed by atoms with E-state index in [0.29, 0.717) is 12.2 Å². The highest BCUT2D eigenvalue weighted by Gasteiger charge is 2.31. The van der Waals surface area contributed by atoms with E-state index in [4.69, 9.17) is 4.42 Å². The number of likely N-dealkylation sites (N-methyl/N-ethyl adjacent to an activating group) is 1. The summed E-state index contributed by atoms with van der Waals surface area (Å²) in [6, 6.07) is 3.35. The molecule has 1 aliphatic heterocycles. The molecule has 0 aliphatic carbocycles. The van der Waals surface area contributed by atoms with E-state index in [9.17, 15) is 13.2 Å². The first kappa shape index (κ1) is 14.6. The molecule has 2 heterocycles. The summed E-state index contributed by atoms with van der Waals surface area (Å²) in [5.74, 6) is 0.607. The third-order valence-electron chi connectivity index (χ3n) is 3.09. The van der Waals surface area contributed by atoms with E-state index in [-0.39, 0.29) is 23.5 Å². The average Bonchev–Trinajstić information content (AvgIpc) is 2.91. The highest BCUT2D eigenvalue weighted by molar-refractivity contribution is 14.1. The number of carbonyl (C=O) groups excluding carboxylic acids is 1. The molecular weight excluding hydrogens is 381 g/mol. The van der Waals surface area contributed by atoms with Gasteiger partial charge in [-0.3, -0.25) is 4.79 Å². The SMILES string of the molecule is CN(C(=O)/C=C/c1ccc(I)o1)C1CCS(=O)(=O)C1. The lowest BCUT2D eigenvalue weighted by Crippen LogP contribution is -2.36. The standard InChI is InChI=1S/C12H14INO4S/c1-14(9-6-7-19(16,17)8-9)12(15)5-3-10-2-4-11(13)18-10/h2-5,9H,6-8H2,1H3/b5-3+. The summed E-state index contributed by atoms with van der Waals surface area (Å²) in [6.45, 7) is 0. The third-order valence-corrected chi connectivity index (χ3v) is 5.42. The Morgan fingerprint density at radius 1 is 1.53 bits per heavy atom. The van der Waals surface area contributed by atoms with E-state index in [1.165, 1.54) is 11.0 Å². The van der Waals surface area contributed by atoms with Gasteiger partial charge in [0.05, 0.1) is 11.5 Å². The summed E-state index contributed by atoms with van der Waals surface area (Å²) in [4.78, 5) is 13.4. The molecule has 0 radical (unpaired) electrons. The van der Waals surface area contributed by atoms with Crippen molar-refractivity contribution in [2.45, 2.75) is 12.5 Å². The number of hydrogen-bond acceptors (Lipinski definition) is 4. The highest BCUT2D eigenvalue weighted by atomic mass is 127. The van der Waals surface area contributed by atoms with Gasteiger partial charge >= 0.3 is 0 Å². The Morgan fingerprint density at radius 2 is 2.26 bits per heavy atom. The van der Waals surface area contributed by atoms with Crippen molar-refractivity contribution in [3.63, 3.8) is 0 Å². The number of hydrogen-bond donors (Lipinski definition) is 0. The maximum Gasteiger partial charge on any atom is 0.246 e. The largest absolute Gasteiger partial charge is 0.451 e. The van der Waals surface area contributed by atoms with Crippen molar-refractivity contribution in [1.82, 2.24) is 4.90 Å². The van der Waals surface area contributed by atoms with Crippen LogP contribution in [0.25, 0.3) is 6.08 Å². The minimum absolute atomic E-state index is 0.0573. The number of furan rings is 1. The molecule has 0 bridgehead atoms. The molecule has 0 saturated carbocycles. The fraction of sp³-hybridized carbons (Fsp3) is 0.417. The Morgan fingerprint density at radius 3 is 2.79 bits per heavy atom. The van der Waals surface area contributed by atoms with Gasteiger partial charge in [0.2, 0.25) is 5.91 Å². The fourth-order valence-electron chi connectivity index (χ4n) is 1.95. The zero-order valence-electron chi connectivity index (χ0n) is 10.4. The molecule has 1 aromatic heterocycles. The number of rotatable bonds is 3. The molecule has 5 nitrogen and oxygen atoms in total. The summed E-state index contributed by atoms with van der Waals surface area (Å²) in [6.07, 6.45) is 3.50. The molecule has 1 aromatic rings. The third kappa shape index (κ3) is 3.82.